The van der Waals surface area contributed by atoms with Gasteiger partial charge in [-0.15, -0.1) is 0 Å². The van der Waals surface area contributed by atoms with Crippen molar-refractivity contribution in [3.8, 4) is 11.3 Å². The third-order valence-corrected chi connectivity index (χ3v) is 1.64. The molecule has 2 heterocycles. The van der Waals surface area contributed by atoms with E-state index in [0.29, 0.717) is 11.7 Å². The van der Waals surface area contributed by atoms with Crippen molar-refractivity contribution in [3.63, 3.8) is 0 Å². The molecule has 0 aliphatic carbocycles. The van der Waals surface area contributed by atoms with Crippen LogP contribution in [-0.4, -0.2) is 9.97 Å². The van der Waals surface area contributed by atoms with Gasteiger partial charge in [-0.2, -0.15) is 0 Å². The van der Waals surface area contributed by atoms with Crippen molar-refractivity contribution in [2.75, 3.05) is 0 Å². The zero-order valence-electron chi connectivity index (χ0n) is 6.97. The van der Waals surface area contributed by atoms with Crippen LogP contribution in [0.2, 0.25) is 0 Å². The van der Waals surface area contributed by atoms with Gasteiger partial charge in [-0.1, -0.05) is 6.58 Å². The Labute approximate surface area is 75.8 Å². The fraction of sp³-hybridized carbons (Fsp3) is 0. The van der Waals surface area contributed by atoms with Gasteiger partial charge < -0.3 is 4.42 Å². The molecule has 0 saturated heterocycles. The second kappa shape index (κ2) is 3.23. The van der Waals surface area contributed by atoms with Gasteiger partial charge in [0.25, 0.3) is 0 Å². The zero-order chi connectivity index (χ0) is 9.10. The average Bonchev–Trinajstić information content (AvgIpc) is 2.67. The Morgan fingerprint density at radius 3 is 2.92 bits per heavy atom. The van der Waals surface area contributed by atoms with E-state index in [1.165, 1.54) is 0 Å². The summed E-state index contributed by atoms with van der Waals surface area (Å²) in [5.41, 5.74) is 0.920. The molecule has 3 nitrogen and oxygen atoms in total. The summed E-state index contributed by atoms with van der Waals surface area (Å²) in [5, 5.41) is 0. The number of aromatic nitrogens is 2. The van der Waals surface area contributed by atoms with E-state index in [1.807, 2.05) is 12.1 Å². The molecule has 0 N–H and O–H groups in total. The van der Waals surface area contributed by atoms with Gasteiger partial charge in [-0.3, -0.25) is 4.98 Å². The van der Waals surface area contributed by atoms with Gasteiger partial charge in [0.15, 0.2) is 5.76 Å². The highest BCUT2D eigenvalue weighted by Gasteiger charge is 2.02. The highest BCUT2D eigenvalue weighted by atomic mass is 16.4. The van der Waals surface area contributed by atoms with Crippen molar-refractivity contribution >= 4 is 6.08 Å². The van der Waals surface area contributed by atoms with Crippen molar-refractivity contribution in [2.24, 2.45) is 0 Å². The topological polar surface area (TPSA) is 38.9 Å². The maximum Gasteiger partial charge on any atom is 0.218 e. The fourth-order valence-corrected chi connectivity index (χ4v) is 1.02. The monoisotopic (exact) mass is 172 g/mol. The summed E-state index contributed by atoms with van der Waals surface area (Å²) in [5.74, 6) is 1.24. The van der Waals surface area contributed by atoms with Crippen molar-refractivity contribution < 1.29 is 4.42 Å². The van der Waals surface area contributed by atoms with Gasteiger partial charge in [0.1, 0.15) is 0 Å². The van der Waals surface area contributed by atoms with Gasteiger partial charge in [0.05, 0.1) is 6.20 Å². The Hall–Kier alpha value is -1.90. The molecule has 13 heavy (non-hydrogen) atoms. The Morgan fingerprint density at radius 2 is 2.31 bits per heavy atom. The first-order valence-corrected chi connectivity index (χ1v) is 3.89. The first-order chi connectivity index (χ1) is 6.40. The summed E-state index contributed by atoms with van der Waals surface area (Å²) in [6, 6.07) is 3.77. The first-order valence-electron chi connectivity index (χ1n) is 3.89. The van der Waals surface area contributed by atoms with E-state index in [1.54, 1.807) is 24.7 Å². The average molecular weight is 172 g/mol. The Kier molecular flexibility index (Phi) is 1.92. The van der Waals surface area contributed by atoms with Gasteiger partial charge in [0, 0.05) is 18.0 Å². The quantitative estimate of drug-likeness (QED) is 0.698. The van der Waals surface area contributed by atoms with Crippen LogP contribution in [0.5, 0.6) is 0 Å². The van der Waals surface area contributed by atoms with Crippen LogP contribution in [0.25, 0.3) is 17.4 Å². The molecule has 0 unspecified atom stereocenters. The molecule has 0 spiro atoms. The first kappa shape index (κ1) is 7.73. The minimum atomic E-state index is 0.527. The summed E-state index contributed by atoms with van der Waals surface area (Å²) >= 11 is 0. The maximum absolute atomic E-state index is 5.35. The van der Waals surface area contributed by atoms with Crippen LogP contribution in [-0.2, 0) is 0 Å². The SMILES string of the molecule is C=Cc1ncc(-c2cccnc2)o1. The molecular formula is C10H8N2O. The third kappa shape index (κ3) is 1.49. The highest BCUT2D eigenvalue weighted by Crippen LogP contribution is 2.18. The normalized spacial score (nSPS) is 9.85. The molecule has 3 heteroatoms. The van der Waals surface area contributed by atoms with Crippen LogP contribution >= 0.6 is 0 Å². The predicted octanol–water partition coefficient (Wildman–Crippen LogP) is 2.38. The van der Waals surface area contributed by atoms with Crippen LogP contribution in [0.3, 0.4) is 0 Å². The standard InChI is InChI=1S/C10H8N2O/c1-2-10-12-7-9(13-10)8-4-3-5-11-6-8/h2-7H,1H2. The van der Waals surface area contributed by atoms with Gasteiger partial charge in [0.2, 0.25) is 5.89 Å². The molecule has 0 fully saturated rings. The maximum atomic E-state index is 5.35. The summed E-state index contributed by atoms with van der Waals surface area (Å²) in [4.78, 5) is 7.98. The van der Waals surface area contributed by atoms with E-state index in [0.717, 1.165) is 5.56 Å². The van der Waals surface area contributed by atoms with E-state index in [9.17, 15) is 0 Å². The highest BCUT2D eigenvalue weighted by molar-refractivity contribution is 5.55. The lowest BCUT2D eigenvalue weighted by Crippen LogP contribution is -1.74. The van der Waals surface area contributed by atoms with Crippen molar-refractivity contribution in [2.45, 2.75) is 0 Å². The molecular weight excluding hydrogens is 164 g/mol. The minimum absolute atomic E-state index is 0.527. The third-order valence-electron chi connectivity index (χ3n) is 1.64. The number of hydrogen-bond acceptors (Lipinski definition) is 3. The van der Waals surface area contributed by atoms with E-state index < -0.39 is 0 Å². The van der Waals surface area contributed by atoms with Crippen molar-refractivity contribution in [1.29, 1.82) is 0 Å². The number of pyridine rings is 1. The summed E-state index contributed by atoms with van der Waals surface area (Å²) in [6.45, 7) is 3.57. The zero-order valence-corrected chi connectivity index (χ0v) is 6.97. The molecule has 2 aromatic rings. The molecule has 0 aliphatic heterocycles. The Morgan fingerprint density at radius 1 is 1.38 bits per heavy atom. The fourth-order valence-electron chi connectivity index (χ4n) is 1.02. The summed E-state index contributed by atoms with van der Waals surface area (Å²) < 4.78 is 5.35. The van der Waals surface area contributed by atoms with E-state index in [4.69, 9.17) is 4.42 Å². The number of oxazole rings is 1. The minimum Gasteiger partial charge on any atom is -0.437 e. The number of rotatable bonds is 2. The molecule has 0 aromatic carbocycles. The molecule has 64 valence electrons. The second-order valence-corrected chi connectivity index (χ2v) is 2.51. The predicted molar refractivity (Wildman–Crippen MR) is 49.8 cm³/mol. The lowest BCUT2D eigenvalue weighted by molar-refractivity contribution is 0.560. The molecule has 0 aliphatic rings. The van der Waals surface area contributed by atoms with Crippen molar-refractivity contribution in [1.82, 2.24) is 9.97 Å². The van der Waals surface area contributed by atoms with E-state index in [-0.39, 0.29) is 0 Å². The summed E-state index contributed by atoms with van der Waals surface area (Å²) in [7, 11) is 0. The number of nitrogens with zero attached hydrogens (tertiary/aromatic N) is 2. The lowest BCUT2D eigenvalue weighted by atomic mass is 10.2. The Bertz CT molecular complexity index is 406. The molecule has 0 atom stereocenters. The molecule has 0 radical (unpaired) electrons. The van der Waals surface area contributed by atoms with E-state index >= 15 is 0 Å². The number of hydrogen-bond donors (Lipinski definition) is 0. The molecule has 2 rings (SSSR count). The lowest BCUT2D eigenvalue weighted by Gasteiger charge is -1.91. The van der Waals surface area contributed by atoms with Gasteiger partial charge in [-0.05, 0) is 18.2 Å². The largest absolute Gasteiger partial charge is 0.437 e. The van der Waals surface area contributed by atoms with Crippen LogP contribution in [0.4, 0.5) is 0 Å². The van der Waals surface area contributed by atoms with Crippen molar-refractivity contribution in [3.05, 3.63) is 43.2 Å². The van der Waals surface area contributed by atoms with Gasteiger partial charge >= 0.3 is 0 Å². The second-order valence-electron chi connectivity index (χ2n) is 2.51. The van der Waals surface area contributed by atoms with Gasteiger partial charge in [-0.25, -0.2) is 4.98 Å². The molecule has 0 saturated carbocycles. The smallest absolute Gasteiger partial charge is 0.218 e. The van der Waals surface area contributed by atoms with E-state index in [2.05, 4.69) is 16.5 Å². The van der Waals surface area contributed by atoms with Crippen LogP contribution in [0.1, 0.15) is 5.89 Å². The van der Waals surface area contributed by atoms with Crippen LogP contribution < -0.4 is 0 Å². The van der Waals surface area contributed by atoms with Crippen LogP contribution in [0.15, 0.2) is 41.7 Å². The summed E-state index contributed by atoms with van der Waals surface area (Å²) in [6.07, 6.45) is 6.68. The van der Waals surface area contributed by atoms with Crippen LogP contribution in [0, 0.1) is 0 Å². The Balaban J connectivity index is 2.41. The molecule has 0 bridgehead atoms. The molecule has 0 amide bonds. The molecule has 2 aromatic heterocycles.